The summed E-state index contributed by atoms with van der Waals surface area (Å²) < 4.78 is 16.0. The molecule has 0 spiro atoms. The van der Waals surface area contributed by atoms with E-state index in [0.29, 0.717) is 33.0 Å². The zero-order valence-electron chi connectivity index (χ0n) is 13.0. The van der Waals surface area contributed by atoms with Gasteiger partial charge in [-0.3, -0.25) is 0 Å². The summed E-state index contributed by atoms with van der Waals surface area (Å²) in [5.41, 5.74) is 0.438. The normalized spacial score (nSPS) is 14.0. The fraction of sp³-hybridized carbons (Fsp3) is 0.625. The molecule has 1 aromatic rings. The maximum absolute atomic E-state index is 9.74. The number of methoxy groups -OCH3 is 1. The highest BCUT2D eigenvalue weighted by molar-refractivity contribution is 5.24. The molecule has 5 heteroatoms. The highest BCUT2D eigenvalue weighted by atomic mass is 16.5. The van der Waals surface area contributed by atoms with Gasteiger partial charge >= 0.3 is 0 Å². The SMILES string of the molecule is CNC(CO)(COCCOCCCOC)c1ccccc1. The third-order valence-corrected chi connectivity index (χ3v) is 3.43. The van der Waals surface area contributed by atoms with Crippen LogP contribution in [0.25, 0.3) is 0 Å². The van der Waals surface area contributed by atoms with Crippen molar-refractivity contribution in [1.82, 2.24) is 5.32 Å². The van der Waals surface area contributed by atoms with Gasteiger partial charge in [-0.2, -0.15) is 0 Å². The van der Waals surface area contributed by atoms with E-state index in [0.717, 1.165) is 12.0 Å². The molecule has 1 unspecified atom stereocenters. The van der Waals surface area contributed by atoms with Gasteiger partial charge in [0.25, 0.3) is 0 Å². The van der Waals surface area contributed by atoms with Crippen LogP contribution in [0.1, 0.15) is 12.0 Å². The van der Waals surface area contributed by atoms with Crippen molar-refractivity contribution in [2.75, 3.05) is 53.8 Å². The maximum atomic E-state index is 9.74. The predicted octanol–water partition coefficient (Wildman–Crippen LogP) is 1.16. The van der Waals surface area contributed by atoms with E-state index in [1.54, 1.807) is 7.11 Å². The number of benzene rings is 1. The molecule has 0 saturated carbocycles. The Hall–Kier alpha value is -0.980. The summed E-state index contributed by atoms with van der Waals surface area (Å²) in [7, 11) is 3.51. The van der Waals surface area contributed by atoms with E-state index in [1.165, 1.54) is 0 Å². The molecule has 0 aromatic heterocycles. The number of nitrogens with one attached hydrogen (secondary N) is 1. The molecule has 5 nitrogen and oxygen atoms in total. The molecule has 2 N–H and O–H groups in total. The number of likely N-dealkylation sites (N-methyl/N-ethyl adjacent to an activating group) is 1. The number of aliphatic hydroxyl groups is 1. The van der Waals surface area contributed by atoms with Crippen LogP contribution in [0, 0.1) is 0 Å². The van der Waals surface area contributed by atoms with Crippen LogP contribution in [0.5, 0.6) is 0 Å². The fourth-order valence-corrected chi connectivity index (χ4v) is 2.04. The van der Waals surface area contributed by atoms with E-state index >= 15 is 0 Å². The Kier molecular flexibility index (Phi) is 9.21. The first-order valence-electron chi connectivity index (χ1n) is 7.29. The summed E-state index contributed by atoms with van der Waals surface area (Å²) in [6.45, 7) is 2.80. The summed E-state index contributed by atoms with van der Waals surface area (Å²) >= 11 is 0. The van der Waals surface area contributed by atoms with Gasteiger partial charge in [-0.05, 0) is 19.0 Å². The lowest BCUT2D eigenvalue weighted by Crippen LogP contribution is -2.47. The quantitative estimate of drug-likeness (QED) is 0.567. The molecule has 1 atom stereocenters. The molecular formula is C16H27NO4. The lowest BCUT2D eigenvalue weighted by molar-refractivity contribution is 0.00106. The first kappa shape index (κ1) is 18.1. The number of hydrogen-bond acceptors (Lipinski definition) is 5. The minimum Gasteiger partial charge on any atom is -0.394 e. The molecule has 0 aliphatic heterocycles. The Morgan fingerprint density at radius 3 is 2.38 bits per heavy atom. The first-order chi connectivity index (χ1) is 10.3. The van der Waals surface area contributed by atoms with Crippen LogP contribution in [0.2, 0.25) is 0 Å². The van der Waals surface area contributed by atoms with Gasteiger partial charge in [0.05, 0.1) is 32.0 Å². The summed E-state index contributed by atoms with van der Waals surface area (Å²) in [5.74, 6) is 0. The molecule has 0 bridgehead atoms. The van der Waals surface area contributed by atoms with Crippen molar-refractivity contribution in [2.24, 2.45) is 0 Å². The molecule has 0 radical (unpaired) electrons. The molecule has 1 aromatic carbocycles. The average Bonchev–Trinajstić information content (AvgIpc) is 2.55. The second-order valence-electron chi connectivity index (χ2n) is 4.87. The van der Waals surface area contributed by atoms with Crippen molar-refractivity contribution >= 4 is 0 Å². The largest absolute Gasteiger partial charge is 0.394 e. The molecule has 120 valence electrons. The van der Waals surface area contributed by atoms with Gasteiger partial charge in [-0.1, -0.05) is 30.3 Å². The first-order valence-corrected chi connectivity index (χ1v) is 7.29. The topological polar surface area (TPSA) is 60.0 Å². The van der Waals surface area contributed by atoms with Crippen LogP contribution in [0.15, 0.2) is 30.3 Å². The van der Waals surface area contributed by atoms with Gasteiger partial charge in [0, 0.05) is 20.3 Å². The van der Waals surface area contributed by atoms with Crippen molar-refractivity contribution in [1.29, 1.82) is 0 Å². The van der Waals surface area contributed by atoms with E-state index in [2.05, 4.69) is 5.32 Å². The van der Waals surface area contributed by atoms with Crippen LogP contribution in [0.3, 0.4) is 0 Å². The molecule has 0 amide bonds. The van der Waals surface area contributed by atoms with E-state index in [9.17, 15) is 5.11 Å². The second-order valence-corrected chi connectivity index (χ2v) is 4.87. The van der Waals surface area contributed by atoms with Gasteiger partial charge in [0.15, 0.2) is 0 Å². The molecule has 0 aliphatic rings. The molecular weight excluding hydrogens is 270 g/mol. The van der Waals surface area contributed by atoms with E-state index in [4.69, 9.17) is 14.2 Å². The highest BCUT2D eigenvalue weighted by Gasteiger charge is 2.29. The monoisotopic (exact) mass is 297 g/mol. The van der Waals surface area contributed by atoms with Crippen LogP contribution in [-0.4, -0.2) is 58.9 Å². The molecule has 0 fully saturated rings. The fourth-order valence-electron chi connectivity index (χ4n) is 2.04. The Bertz CT molecular complexity index is 355. The Labute approximate surface area is 127 Å². The van der Waals surface area contributed by atoms with Crippen molar-refractivity contribution in [3.63, 3.8) is 0 Å². The number of hydrogen-bond donors (Lipinski definition) is 2. The summed E-state index contributed by atoms with van der Waals surface area (Å²) in [6.07, 6.45) is 0.887. The minimum atomic E-state index is -0.572. The van der Waals surface area contributed by atoms with Crippen molar-refractivity contribution in [3.8, 4) is 0 Å². The Morgan fingerprint density at radius 1 is 1.05 bits per heavy atom. The average molecular weight is 297 g/mol. The summed E-state index contributed by atoms with van der Waals surface area (Å²) in [5, 5.41) is 12.9. The van der Waals surface area contributed by atoms with E-state index in [1.807, 2.05) is 37.4 Å². The van der Waals surface area contributed by atoms with Gasteiger partial charge in [0.2, 0.25) is 0 Å². The molecule has 0 aliphatic carbocycles. The number of rotatable bonds is 12. The Morgan fingerprint density at radius 2 is 1.76 bits per heavy atom. The van der Waals surface area contributed by atoms with Gasteiger partial charge in [-0.15, -0.1) is 0 Å². The second kappa shape index (κ2) is 10.7. The standard InChI is InChI=1S/C16H27NO4/c1-17-16(13-18,15-7-4-3-5-8-15)14-21-12-11-20-10-6-9-19-2/h3-5,7-8,17-18H,6,9-14H2,1-2H3. The highest BCUT2D eigenvalue weighted by Crippen LogP contribution is 2.20. The van der Waals surface area contributed by atoms with E-state index < -0.39 is 5.54 Å². The Balaban J connectivity index is 2.32. The molecule has 0 heterocycles. The van der Waals surface area contributed by atoms with Crippen LogP contribution in [-0.2, 0) is 19.7 Å². The predicted molar refractivity (Wildman–Crippen MR) is 82.4 cm³/mol. The number of ether oxygens (including phenoxy) is 3. The molecule has 21 heavy (non-hydrogen) atoms. The summed E-state index contributed by atoms with van der Waals surface area (Å²) in [6, 6.07) is 9.83. The third kappa shape index (κ3) is 6.11. The summed E-state index contributed by atoms with van der Waals surface area (Å²) in [4.78, 5) is 0. The molecule has 0 saturated heterocycles. The zero-order chi connectivity index (χ0) is 15.4. The van der Waals surface area contributed by atoms with Crippen molar-refractivity contribution < 1.29 is 19.3 Å². The van der Waals surface area contributed by atoms with Gasteiger partial charge in [-0.25, -0.2) is 0 Å². The third-order valence-electron chi connectivity index (χ3n) is 3.43. The van der Waals surface area contributed by atoms with Crippen molar-refractivity contribution in [2.45, 2.75) is 12.0 Å². The number of aliphatic hydroxyl groups excluding tert-OH is 1. The smallest absolute Gasteiger partial charge is 0.0903 e. The van der Waals surface area contributed by atoms with Crippen LogP contribution < -0.4 is 5.32 Å². The maximum Gasteiger partial charge on any atom is 0.0903 e. The van der Waals surface area contributed by atoms with Gasteiger partial charge in [0.1, 0.15) is 0 Å². The zero-order valence-corrected chi connectivity index (χ0v) is 13.0. The molecule has 1 rings (SSSR count). The van der Waals surface area contributed by atoms with Gasteiger partial charge < -0.3 is 24.6 Å². The van der Waals surface area contributed by atoms with Crippen LogP contribution >= 0.6 is 0 Å². The van der Waals surface area contributed by atoms with Crippen molar-refractivity contribution in [3.05, 3.63) is 35.9 Å². The minimum absolute atomic E-state index is 0.0256. The van der Waals surface area contributed by atoms with Crippen LogP contribution in [0.4, 0.5) is 0 Å². The lowest BCUT2D eigenvalue weighted by atomic mass is 9.92. The lowest BCUT2D eigenvalue weighted by Gasteiger charge is -2.32. The van der Waals surface area contributed by atoms with E-state index in [-0.39, 0.29) is 6.61 Å².